The Morgan fingerprint density at radius 2 is 0.564 bits per heavy atom. The molecule has 94 heavy (non-hydrogen) atoms. The zero-order chi connectivity index (χ0) is 65.6. The highest BCUT2D eigenvalue weighted by molar-refractivity contribution is 5.87. The number of hydrogen-bond acceptors (Lipinski definition) is 11. The molecule has 0 saturated carbocycles. The van der Waals surface area contributed by atoms with Crippen LogP contribution in [0.5, 0.6) is 34.5 Å². The molecule has 9 aromatic rings. The van der Waals surface area contributed by atoms with E-state index in [-0.39, 0.29) is 106 Å². The molecule has 0 aliphatic heterocycles. The van der Waals surface area contributed by atoms with Crippen molar-refractivity contribution in [1.82, 2.24) is 0 Å². The topological polar surface area (TPSA) is 102 Å². The first-order valence-electron chi connectivity index (χ1n) is 31.2. The lowest BCUT2D eigenvalue weighted by molar-refractivity contribution is -0.189. The number of benzene rings is 9. The van der Waals surface area contributed by atoms with Gasteiger partial charge in [-0.1, -0.05) is 176 Å². The van der Waals surface area contributed by atoms with Crippen LogP contribution < -0.4 is 28.4 Å². The molecule has 0 atom stereocenters. The van der Waals surface area contributed by atoms with Gasteiger partial charge in [0.15, 0.2) is 11.5 Å². The van der Waals surface area contributed by atoms with E-state index in [0.29, 0.717) is 76.3 Å². The van der Waals surface area contributed by atoms with Gasteiger partial charge < -0.3 is 52.1 Å². The van der Waals surface area contributed by atoms with E-state index in [1.165, 1.54) is 24.3 Å². The molecule has 0 amide bonds. The van der Waals surface area contributed by atoms with Crippen LogP contribution in [0.1, 0.15) is 71.0 Å². The summed E-state index contributed by atoms with van der Waals surface area (Å²) < 4.78 is 176. The summed E-state index contributed by atoms with van der Waals surface area (Å²) in [4.78, 5) is 0. The lowest BCUT2D eigenvalue weighted by Crippen LogP contribution is -2.25. The second-order valence-corrected chi connectivity index (χ2v) is 21.8. The monoisotopic (exact) mass is 1300 g/mol. The normalized spacial score (nSPS) is 11.6. The number of ether oxygens (including phenoxy) is 11. The lowest BCUT2D eigenvalue weighted by atomic mass is 9.98. The van der Waals surface area contributed by atoms with Crippen molar-refractivity contribution in [3.05, 3.63) is 263 Å². The van der Waals surface area contributed by atoms with Crippen molar-refractivity contribution in [3.8, 4) is 56.8 Å². The summed E-state index contributed by atoms with van der Waals surface area (Å²) in [5, 5.41) is 0. The van der Waals surface area contributed by atoms with Gasteiger partial charge in [-0.25, -0.2) is 8.78 Å². The molecule has 9 rings (SSSR count). The van der Waals surface area contributed by atoms with Crippen molar-refractivity contribution >= 4 is 0 Å². The first kappa shape index (κ1) is 69.4. The maximum atomic E-state index is 17.1. The molecular formula is C76H75F7O11. The largest absolute Gasteiger partial charge is 0.489 e. The molecule has 0 aliphatic rings. The van der Waals surface area contributed by atoms with Gasteiger partial charge in [0.2, 0.25) is 17.2 Å². The molecule has 0 aromatic heterocycles. The van der Waals surface area contributed by atoms with Crippen LogP contribution in [0, 0.1) is 11.6 Å². The minimum absolute atomic E-state index is 0.0103. The molecule has 0 spiro atoms. The van der Waals surface area contributed by atoms with Gasteiger partial charge in [0.1, 0.15) is 22.9 Å². The van der Waals surface area contributed by atoms with Crippen LogP contribution in [0.2, 0.25) is 0 Å². The van der Waals surface area contributed by atoms with Crippen LogP contribution >= 0.6 is 0 Å². The maximum Gasteiger partial charge on any atom is 0.432 e. The molecule has 18 heteroatoms. The first-order valence-corrected chi connectivity index (χ1v) is 31.2. The van der Waals surface area contributed by atoms with E-state index < -0.39 is 40.8 Å². The molecule has 0 N–H and O–H groups in total. The second-order valence-electron chi connectivity index (χ2n) is 21.8. The number of hydrogen-bond donors (Lipinski definition) is 0. The molecule has 494 valence electrons. The van der Waals surface area contributed by atoms with Gasteiger partial charge in [-0.05, 0) is 80.9 Å². The van der Waals surface area contributed by atoms with Crippen LogP contribution in [0.3, 0.4) is 0 Å². The fourth-order valence-corrected chi connectivity index (χ4v) is 9.83. The molecule has 0 heterocycles. The summed E-state index contributed by atoms with van der Waals surface area (Å²) in [6.07, 6.45) is -7.57. The van der Waals surface area contributed by atoms with Gasteiger partial charge in [0.05, 0.1) is 110 Å². The van der Waals surface area contributed by atoms with Gasteiger partial charge in [0, 0.05) is 32.1 Å². The predicted molar refractivity (Wildman–Crippen MR) is 344 cm³/mol. The zero-order valence-electron chi connectivity index (χ0n) is 52.0. The van der Waals surface area contributed by atoms with Crippen molar-refractivity contribution < 1.29 is 82.8 Å². The highest BCUT2D eigenvalue weighted by Gasteiger charge is 2.42. The Kier molecular flexibility index (Phi) is 27.0. The minimum atomic E-state index is -4.63. The summed E-state index contributed by atoms with van der Waals surface area (Å²) in [6, 6.07) is 58.8. The summed E-state index contributed by atoms with van der Waals surface area (Å²) in [6.45, 7) is 2.74. The molecule has 0 fully saturated rings. The van der Waals surface area contributed by atoms with Crippen molar-refractivity contribution in [1.29, 1.82) is 0 Å². The fraction of sp³-hybridized carbons (Fsp3) is 0.289. The second kappa shape index (κ2) is 36.5. The Morgan fingerprint density at radius 3 is 0.862 bits per heavy atom. The van der Waals surface area contributed by atoms with Gasteiger partial charge >= 0.3 is 12.3 Å². The van der Waals surface area contributed by atoms with E-state index in [4.69, 9.17) is 52.1 Å². The predicted octanol–water partition coefficient (Wildman–Crippen LogP) is 18.4. The van der Waals surface area contributed by atoms with Crippen molar-refractivity contribution in [2.75, 3.05) is 66.1 Å². The number of halogens is 7. The summed E-state index contributed by atoms with van der Waals surface area (Å²) >= 11 is 0. The van der Waals surface area contributed by atoms with Crippen molar-refractivity contribution in [3.63, 3.8) is 0 Å². The minimum Gasteiger partial charge on any atom is -0.489 e. The number of alkyl halides is 5. The van der Waals surface area contributed by atoms with Crippen LogP contribution in [0.25, 0.3) is 22.3 Å². The summed E-state index contributed by atoms with van der Waals surface area (Å²) in [5.74, 6) is -4.17. The van der Waals surface area contributed by atoms with Gasteiger partial charge in [-0.15, -0.1) is 0 Å². The van der Waals surface area contributed by atoms with E-state index in [1.54, 1.807) is 0 Å². The Hall–Kier alpha value is -8.91. The molecule has 0 bridgehead atoms. The van der Waals surface area contributed by atoms with Gasteiger partial charge in [0.25, 0.3) is 0 Å². The standard InChI is InChI=1S/C76H75F7O11/c77-66-49-63(50-67(78)69(66)76(82,83)94-65-37-33-62(34-38-65)61-31-35-64(36-32-61)75(79,80)81)68-70(89-44-16-39-84-51-56-21-6-1-7-22-56)72(91-46-18-41-86-53-58-25-10-3-11-26-58)74(93-48-20-43-88-55-60-29-14-5-15-30-60)73(92-47-19-42-87-54-59-27-12-4-13-28-59)71(68)90-45-17-40-85-52-57-23-8-2-9-24-57/h1-15,21-38,49-50H,16-20,39-48,51-55H2. The molecule has 0 radical (unpaired) electrons. The van der Waals surface area contributed by atoms with Crippen LogP contribution in [-0.4, -0.2) is 66.1 Å². The quantitative estimate of drug-likeness (QED) is 0.0271. The number of rotatable bonds is 40. The average molecular weight is 1300 g/mol. The van der Waals surface area contributed by atoms with Gasteiger partial charge in [-0.2, -0.15) is 22.0 Å². The first-order chi connectivity index (χ1) is 45.9. The highest BCUT2D eigenvalue weighted by atomic mass is 19.4. The van der Waals surface area contributed by atoms with E-state index in [0.717, 1.165) is 64.2 Å². The highest BCUT2D eigenvalue weighted by Crippen LogP contribution is 2.58. The van der Waals surface area contributed by atoms with E-state index in [2.05, 4.69) is 0 Å². The third-order valence-corrected chi connectivity index (χ3v) is 14.5. The summed E-state index contributed by atoms with van der Waals surface area (Å²) in [7, 11) is 0. The lowest BCUT2D eigenvalue weighted by Gasteiger charge is -2.27. The van der Waals surface area contributed by atoms with Crippen molar-refractivity contribution in [2.45, 2.75) is 77.4 Å². The van der Waals surface area contributed by atoms with Crippen molar-refractivity contribution in [2.24, 2.45) is 0 Å². The Balaban J connectivity index is 1.10. The fourth-order valence-electron chi connectivity index (χ4n) is 9.83. The zero-order valence-corrected chi connectivity index (χ0v) is 52.0. The van der Waals surface area contributed by atoms with Crippen LogP contribution in [0.4, 0.5) is 30.7 Å². The van der Waals surface area contributed by atoms with E-state index in [1.807, 2.05) is 152 Å². The Labute approximate surface area is 543 Å². The van der Waals surface area contributed by atoms with Crippen LogP contribution in [-0.2, 0) is 69.0 Å². The maximum absolute atomic E-state index is 17.1. The molecule has 0 unspecified atom stereocenters. The summed E-state index contributed by atoms with van der Waals surface area (Å²) in [5.41, 5.74) is 2.52. The SMILES string of the molecule is Fc1cc(-c2c(OCCCOCc3ccccc3)c(OCCCOCc3ccccc3)c(OCCCOCc3ccccc3)c(OCCCOCc3ccccc3)c2OCCCOCc2ccccc2)cc(F)c1C(F)(F)Oc1ccc(-c2ccc(C(F)(F)F)cc2)cc1. The smallest absolute Gasteiger partial charge is 0.432 e. The van der Waals surface area contributed by atoms with Crippen LogP contribution in [0.15, 0.2) is 212 Å². The molecular weight excluding hydrogens is 1220 g/mol. The Morgan fingerprint density at radius 1 is 0.287 bits per heavy atom. The third kappa shape index (κ3) is 21.6. The van der Waals surface area contributed by atoms with E-state index >= 15 is 17.6 Å². The average Bonchev–Trinajstić information content (AvgIpc) is 0.767. The third-order valence-electron chi connectivity index (χ3n) is 14.5. The molecule has 9 aromatic carbocycles. The molecule has 0 aliphatic carbocycles. The van der Waals surface area contributed by atoms with Gasteiger partial charge in [-0.3, -0.25) is 0 Å². The van der Waals surface area contributed by atoms with E-state index in [9.17, 15) is 13.2 Å². The molecule has 0 saturated heterocycles. The molecule has 11 nitrogen and oxygen atoms in total. The Bertz CT molecular complexity index is 3490.